The number of methoxy groups -OCH3 is 4. The summed E-state index contributed by atoms with van der Waals surface area (Å²) < 4.78 is 32.7. The lowest BCUT2D eigenvalue weighted by Crippen LogP contribution is -2.04. The van der Waals surface area contributed by atoms with Crippen molar-refractivity contribution in [3.63, 3.8) is 0 Å². The van der Waals surface area contributed by atoms with Crippen LogP contribution in [0.2, 0.25) is 0 Å². The van der Waals surface area contributed by atoms with Crippen LogP contribution in [-0.4, -0.2) is 41.0 Å². The molecule has 3 rings (SSSR count). The van der Waals surface area contributed by atoms with Gasteiger partial charge in [-0.15, -0.1) is 0 Å². The van der Waals surface area contributed by atoms with Crippen LogP contribution in [0.15, 0.2) is 28.7 Å². The number of ether oxygens (including phenoxy) is 6. The molecule has 0 aromatic heterocycles. The van der Waals surface area contributed by atoms with Gasteiger partial charge in [-0.1, -0.05) is 12.1 Å². The van der Waals surface area contributed by atoms with Crippen LogP contribution < -0.4 is 28.4 Å². The van der Waals surface area contributed by atoms with E-state index in [0.717, 1.165) is 5.56 Å². The van der Waals surface area contributed by atoms with Crippen LogP contribution in [0.5, 0.6) is 34.5 Å². The monoisotopic (exact) mass is 450 g/mol. The van der Waals surface area contributed by atoms with Gasteiger partial charge in [0, 0.05) is 0 Å². The van der Waals surface area contributed by atoms with Gasteiger partial charge in [0.1, 0.15) is 0 Å². The smallest absolute Gasteiger partial charge is 0.231 e. The number of halogens is 1. The normalized spacial score (nSPS) is 12.2. The van der Waals surface area contributed by atoms with Crippen LogP contribution in [0.3, 0.4) is 0 Å². The molecular formula is C20H19BrO7. The van der Waals surface area contributed by atoms with Crippen molar-refractivity contribution < 1.29 is 33.2 Å². The zero-order chi connectivity index (χ0) is 20.3. The molecule has 1 aliphatic rings. The van der Waals surface area contributed by atoms with Crippen LogP contribution in [0.4, 0.5) is 0 Å². The maximum absolute atomic E-state index is 13.0. The Bertz CT molecular complexity index is 937. The summed E-state index contributed by atoms with van der Waals surface area (Å²) >= 11 is 3.42. The lowest BCUT2D eigenvalue weighted by atomic mass is 10.1. The van der Waals surface area contributed by atoms with E-state index in [-0.39, 0.29) is 23.9 Å². The molecule has 0 saturated heterocycles. The Morgan fingerprint density at radius 3 is 2.29 bits per heavy atom. The zero-order valence-electron chi connectivity index (χ0n) is 15.8. The Kier molecular flexibility index (Phi) is 5.99. The quantitative estimate of drug-likeness (QED) is 0.464. The first kappa shape index (κ1) is 19.9. The van der Waals surface area contributed by atoms with Crippen molar-refractivity contribution in [2.24, 2.45) is 0 Å². The van der Waals surface area contributed by atoms with Gasteiger partial charge in [0.25, 0.3) is 0 Å². The number of fused-ring (bicyclic) bond motifs is 1. The van der Waals surface area contributed by atoms with Gasteiger partial charge >= 0.3 is 0 Å². The van der Waals surface area contributed by atoms with Crippen LogP contribution in [0.25, 0.3) is 6.08 Å². The summed E-state index contributed by atoms with van der Waals surface area (Å²) in [5.41, 5.74) is 1.05. The van der Waals surface area contributed by atoms with Crippen LogP contribution in [-0.2, 0) is 0 Å². The van der Waals surface area contributed by atoms with E-state index < -0.39 is 0 Å². The molecule has 0 aliphatic carbocycles. The molecule has 28 heavy (non-hydrogen) atoms. The SMILES string of the molecule is COc1ccc(/C=C/C(=O)c2c(Br)c3c(c(OC)c2OC)OCO3)cc1OC. The molecule has 0 amide bonds. The van der Waals surface area contributed by atoms with Crippen molar-refractivity contribution in [3.05, 3.63) is 39.9 Å². The van der Waals surface area contributed by atoms with E-state index in [1.54, 1.807) is 32.4 Å². The molecule has 1 heterocycles. The standard InChI is InChI=1S/C20H19BrO7/c1-23-13-8-6-11(9-14(13)24-2)5-7-12(22)15-16(21)18-20(28-10-27-18)19(26-4)17(15)25-3/h5-9H,10H2,1-4H3/b7-5+. The second-order valence-corrected chi connectivity index (χ2v) is 6.43. The number of allylic oxidation sites excluding steroid dienone is 1. The molecule has 0 bridgehead atoms. The Balaban J connectivity index is 2.00. The molecule has 0 fully saturated rings. The number of benzene rings is 2. The molecule has 1 aliphatic heterocycles. The largest absolute Gasteiger partial charge is 0.493 e. The lowest BCUT2D eigenvalue weighted by Gasteiger charge is -2.15. The van der Waals surface area contributed by atoms with Crippen molar-refractivity contribution in [2.45, 2.75) is 0 Å². The fourth-order valence-corrected chi connectivity index (χ4v) is 3.52. The molecule has 0 N–H and O–H groups in total. The first-order valence-corrected chi connectivity index (χ1v) is 9.02. The van der Waals surface area contributed by atoms with Gasteiger partial charge in [0.2, 0.25) is 18.3 Å². The molecule has 7 nitrogen and oxygen atoms in total. The van der Waals surface area contributed by atoms with E-state index in [2.05, 4.69) is 15.9 Å². The second kappa shape index (κ2) is 8.43. The molecule has 0 unspecified atom stereocenters. The summed E-state index contributed by atoms with van der Waals surface area (Å²) in [4.78, 5) is 13.0. The van der Waals surface area contributed by atoms with Gasteiger partial charge in [0.15, 0.2) is 28.8 Å². The highest BCUT2D eigenvalue weighted by atomic mass is 79.9. The number of hydrogen-bond donors (Lipinski definition) is 0. The minimum Gasteiger partial charge on any atom is -0.493 e. The first-order valence-electron chi connectivity index (χ1n) is 8.23. The number of carbonyl (C=O) groups is 1. The predicted molar refractivity (Wildman–Crippen MR) is 106 cm³/mol. The van der Waals surface area contributed by atoms with E-state index in [4.69, 9.17) is 28.4 Å². The fraction of sp³-hybridized carbons (Fsp3) is 0.250. The summed E-state index contributed by atoms with van der Waals surface area (Å²) in [7, 11) is 6.05. The number of hydrogen-bond acceptors (Lipinski definition) is 7. The Morgan fingerprint density at radius 1 is 0.964 bits per heavy atom. The number of rotatable bonds is 7. The van der Waals surface area contributed by atoms with E-state index in [1.807, 2.05) is 6.07 Å². The van der Waals surface area contributed by atoms with Gasteiger partial charge in [-0.05, 0) is 39.7 Å². The lowest BCUT2D eigenvalue weighted by molar-refractivity contribution is 0.104. The third-order valence-corrected chi connectivity index (χ3v) is 4.92. The van der Waals surface area contributed by atoms with Crippen LogP contribution in [0, 0.1) is 0 Å². The highest BCUT2D eigenvalue weighted by Crippen LogP contribution is 2.54. The molecule has 0 atom stereocenters. The molecule has 2 aromatic rings. The highest BCUT2D eigenvalue weighted by molar-refractivity contribution is 9.10. The van der Waals surface area contributed by atoms with Crippen LogP contribution >= 0.6 is 15.9 Å². The van der Waals surface area contributed by atoms with Gasteiger partial charge in [-0.3, -0.25) is 4.79 Å². The molecule has 0 radical (unpaired) electrons. The molecule has 0 saturated carbocycles. The summed E-state index contributed by atoms with van der Waals surface area (Å²) in [6, 6.07) is 5.36. The predicted octanol–water partition coefficient (Wildman–Crippen LogP) is 4.11. The summed E-state index contributed by atoms with van der Waals surface area (Å²) in [5, 5.41) is 0. The topological polar surface area (TPSA) is 72.5 Å². The average Bonchev–Trinajstić information content (AvgIpc) is 3.21. The van der Waals surface area contributed by atoms with E-state index >= 15 is 0 Å². The summed E-state index contributed by atoms with van der Waals surface area (Å²) in [5.74, 6) is 2.25. The third-order valence-electron chi connectivity index (χ3n) is 4.16. The first-order chi connectivity index (χ1) is 13.5. The molecular weight excluding hydrogens is 432 g/mol. The van der Waals surface area contributed by atoms with E-state index in [1.165, 1.54) is 20.3 Å². The van der Waals surface area contributed by atoms with Crippen molar-refractivity contribution in [2.75, 3.05) is 35.2 Å². The molecule has 8 heteroatoms. The highest BCUT2D eigenvalue weighted by Gasteiger charge is 2.32. The van der Waals surface area contributed by atoms with Crippen molar-refractivity contribution in [1.29, 1.82) is 0 Å². The minimum atomic E-state index is -0.296. The average molecular weight is 451 g/mol. The molecule has 2 aromatic carbocycles. The summed E-state index contributed by atoms with van der Waals surface area (Å²) in [6.45, 7) is 0.0343. The molecule has 0 spiro atoms. The Labute approximate surface area is 170 Å². The van der Waals surface area contributed by atoms with Crippen molar-refractivity contribution >= 4 is 27.8 Å². The molecule has 148 valence electrons. The zero-order valence-corrected chi connectivity index (χ0v) is 17.4. The fourth-order valence-electron chi connectivity index (χ4n) is 2.85. The van der Waals surface area contributed by atoms with E-state index in [9.17, 15) is 4.79 Å². The van der Waals surface area contributed by atoms with Crippen molar-refractivity contribution in [1.82, 2.24) is 0 Å². The Hall–Kier alpha value is -2.87. The number of carbonyl (C=O) groups excluding carboxylic acids is 1. The van der Waals surface area contributed by atoms with Gasteiger partial charge in [-0.25, -0.2) is 0 Å². The second-order valence-electron chi connectivity index (χ2n) is 5.63. The maximum atomic E-state index is 13.0. The number of ketones is 1. The summed E-state index contributed by atoms with van der Waals surface area (Å²) in [6.07, 6.45) is 3.11. The van der Waals surface area contributed by atoms with Crippen LogP contribution in [0.1, 0.15) is 15.9 Å². The van der Waals surface area contributed by atoms with Gasteiger partial charge in [0.05, 0.1) is 38.5 Å². The maximum Gasteiger partial charge on any atom is 0.231 e. The van der Waals surface area contributed by atoms with Crippen molar-refractivity contribution in [3.8, 4) is 34.5 Å². The van der Waals surface area contributed by atoms with Gasteiger partial charge in [-0.2, -0.15) is 0 Å². The third kappa shape index (κ3) is 3.47. The van der Waals surface area contributed by atoms with E-state index in [0.29, 0.717) is 33.2 Å². The Morgan fingerprint density at radius 2 is 1.64 bits per heavy atom. The minimum absolute atomic E-state index is 0.0343. The van der Waals surface area contributed by atoms with Gasteiger partial charge < -0.3 is 28.4 Å².